The average Bonchev–Trinajstić information content (AvgIpc) is 3.24. The number of hydrogen-bond acceptors (Lipinski definition) is 4. The topological polar surface area (TPSA) is 55.8 Å². The van der Waals surface area contributed by atoms with Gasteiger partial charge in [-0.2, -0.15) is 0 Å². The van der Waals surface area contributed by atoms with E-state index in [0.717, 1.165) is 51.4 Å². The van der Waals surface area contributed by atoms with E-state index in [0.29, 0.717) is 19.6 Å². The summed E-state index contributed by atoms with van der Waals surface area (Å²) in [6.45, 7) is 5.26. The van der Waals surface area contributed by atoms with E-state index in [1.165, 1.54) is 186 Å². The highest BCUT2D eigenvalue weighted by Gasteiger charge is 2.13. The van der Waals surface area contributed by atoms with Crippen LogP contribution in [0.4, 0.5) is 0 Å². The fourth-order valence-corrected chi connectivity index (χ4v) is 7.53. The first kappa shape index (κ1) is 57.1. The lowest BCUT2D eigenvalue weighted by Gasteiger charge is -2.16. The highest BCUT2D eigenvalue weighted by molar-refractivity contribution is 5.69. The molecule has 0 spiro atoms. The van der Waals surface area contributed by atoms with Crippen molar-refractivity contribution in [2.75, 3.05) is 19.8 Å². The third kappa shape index (κ3) is 50.3. The highest BCUT2D eigenvalue weighted by atomic mass is 16.6. The Morgan fingerprint density at radius 3 is 1.15 bits per heavy atom. The maximum atomic E-state index is 12.3. The fourth-order valence-electron chi connectivity index (χ4n) is 7.53. The summed E-state index contributed by atoms with van der Waals surface area (Å²) in [4.78, 5) is 12.3. The van der Waals surface area contributed by atoms with Crippen molar-refractivity contribution in [2.24, 2.45) is 0 Å². The molecule has 0 aromatic heterocycles. The van der Waals surface area contributed by atoms with Gasteiger partial charge in [-0.1, -0.05) is 254 Å². The van der Waals surface area contributed by atoms with E-state index in [1.54, 1.807) is 0 Å². The van der Waals surface area contributed by atoms with Crippen molar-refractivity contribution in [1.82, 2.24) is 0 Å². The van der Waals surface area contributed by atoms with Gasteiger partial charge in [0.1, 0.15) is 6.10 Å². The monoisotopic (exact) mass is 825 g/mol. The molecule has 0 aromatic rings. The molecular formula is C55H100O4. The molecule has 1 atom stereocenters. The number of aliphatic hydroxyl groups excluding tert-OH is 1. The Bertz CT molecular complexity index is 962. The minimum atomic E-state index is -0.539. The normalized spacial score (nSPS) is 12.8. The summed E-state index contributed by atoms with van der Waals surface area (Å²) in [6.07, 6.45) is 70.3. The molecule has 4 nitrogen and oxygen atoms in total. The number of allylic oxidation sites excluding steroid dienone is 10. The lowest BCUT2D eigenvalue weighted by atomic mass is 10.0. The third-order valence-electron chi connectivity index (χ3n) is 11.4. The summed E-state index contributed by atoms with van der Waals surface area (Å²) in [5, 5.41) is 9.66. The summed E-state index contributed by atoms with van der Waals surface area (Å²) in [6, 6.07) is 0. The zero-order valence-electron chi connectivity index (χ0n) is 39.5. The predicted octanol–water partition coefficient (Wildman–Crippen LogP) is 17.6. The zero-order valence-corrected chi connectivity index (χ0v) is 39.5. The highest BCUT2D eigenvalue weighted by Crippen LogP contribution is 2.16. The molecule has 0 rings (SSSR count). The summed E-state index contributed by atoms with van der Waals surface area (Å²) < 4.78 is 11.2. The minimum absolute atomic E-state index is 0.173. The number of ether oxygens (including phenoxy) is 2. The van der Waals surface area contributed by atoms with Crippen LogP contribution in [0.25, 0.3) is 0 Å². The maximum absolute atomic E-state index is 12.3. The van der Waals surface area contributed by atoms with Crippen LogP contribution < -0.4 is 0 Å². The van der Waals surface area contributed by atoms with E-state index in [2.05, 4.69) is 74.6 Å². The average molecular weight is 825 g/mol. The molecule has 0 aliphatic rings. The molecule has 0 radical (unpaired) electrons. The van der Waals surface area contributed by atoms with Crippen molar-refractivity contribution in [2.45, 2.75) is 264 Å². The van der Waals surface area contributed by atoms with Gasteiger partial charge in [-0.25, -0.2) is 0 Å². The zero-order chi connectivity index (χ0) is 42.6. The molecule has 0 aliphatic heterocycles. The van der Waals surface area contributed by atoms with E-state index in [1.807, 2.05) is 0 Å². The Morgan fingerprint density at radius 2 is 0.763 bits per heavy atom. The lowest BCUT2D eigenvalue weighted by molar-refractivity contribution is -0.154. The van der Waals surface area contributed by atoms with Crippen LogP contribution in [0.15, 0.2) is 60.8 Å². The second-order valence-corrected chi connectivity index (χ2v) is 17.2. The molecule has 0 fully saturated rings. The smallest absolute Gasteiger partial charge is 0.306 e. The van der Waals surface area contributed by atoms with Crippen molar-refractivity contribution >= 4 is 5.97 Å². The van der Waals surface area contributed by atoms with Crippen LogP contribution in [0.1, 0.15) is 258 Å². The van der Waals surface area contributed by atoms with Crippen molar-refractivity contribution in [3.63, 3.8) is 0 Å². The standard InChI is InChI=1S/C55H100O4/c1-3-5-7-9-11-13-15-17-19-21-23-25-27-28-29-30-32-34-36-38-40-42-44-46-48-50-55(57)59-54(52-56)53-58-51-49-47-45-43-41-39-37-35-33-31-26-24-22-20-18-16-14-12-10-8-6-4-2/h5,7,11,13,17,19,23,25,28-29,54,56H,3-4,6,8-10,12,14-16,18,20-22,24,26-27,30-53H2,1-2H3/b7-5-,13-11-,19-17-,25-23-,29-28-. The second-order valence-electron chi connectivity index (χ2n) is 17.2. The molecule has 1 unspecified atom stereocenters. The first-order chi connectivity index (χ1) is 29.2. The number of unbranched alkanes of at least 4 members (excludes halogenated alkanes) is 30. The quantitative estimate of drug-likeness (QED) is 0.0377. The third-order valence-corrected chi connectivity index (χ3v) is 11.4. The molecule has 4 heteroatoms. The van der Waals surface area contributed by atoms with Gasteiger partial charge in [0.25, 0.3) is 0 Å². The van der Waals surface area contributed by atoms with Gasteiger partial charge in [-0.05, 0) is 57.8 Å². The van der Waals surface area contributed by atoms with Crippen molar-refractivity contribution in [3.05, 3.63) is 60.8 Å². The van der Waals surface area contributed by atoms with E-state index < -0.39 is 6.10 Å². The molecule has 1 N–H and O–H groups in total. The fraction of sp³-hybridized carbons (Fsp3) is 0.800. The number of carbonyl (C=O) groups is 1. The van der Waals surface area contributed by atoms with Gasteiger partial charge in [-0.15, -0.1) is 0 Å². The van der Waals surface area contributed by atoms with Crippen LogP contribution in [0.5, 0.6) is 0 Å². The molecule has 344 valence electrons. The Labute approximate surface area is 368 Å². The van der Waals surface area contributed by atoms with E-state index in [4.69, 9.17) is 9.47 Å². The predicted molar refractivity (Wildman–Crippen MR) is 260 cm³/mol. The SMILES string of the molecule is CC/C=C\C/C=C\C/C=C\C/C=C\C/C=C\CCCCCCCCCCCC(=O)OC(CO)COCCCCCCCCCCCCCCCCCCCCCCCC. The van der Waals surface area contributed by atoms with Gasteiger partial charge in [0, 0.05) is 13.0 Å². The molecule has 59 heavy (non-hydrogen) atoms. The van der Waals surface area contributed by atoms with Crippen LogP contribution in [0.3, 0.4) is 0 Å². The molecule has 0 bridgehead atoms. The number of rotatable bonds is 48. The van der Waals surface area contributed by atoms with Crippen LogP contribution >= 0.6 is 0 Å². The summed E-state index contributed by atoms with van der Waals surface area (Å²) in [5.41, 5.74) is 0. The van der Waals surface area contributed by atoms with Crippen LogP contribution in [0, 0.1) is 0 Å². The first-order valence-corrected chi connectivity index (χ1v) is 25.9. The Kier molecular flexibility index (Phi) is 50.5. The Hall–Kier alpha value is -1.91. The van der Waals surface area contributed by atoms with Crippen LogP contribution in [0.2, 0.25) is 0 Å². The van der Waals surface area contributed by atoms with Crippen LogP contribution in [-0.2, 0) is 14.3 Å². The molecular weight excluding hydrogens is 725 g/mol. The Balaban J connectivity index is 3.42. The minimum Gasteiger partial charge on any atom is -0.457 e. The number of carbonyl (C=O) groups excluding carboxylic acids is 1. The van der Waals surface area contributed by atoms with E-state index >= 15 is 0 Å². The number of hydrogen-bond donors (Lipinski definition) is 1. The lowest BCUT2D eigenvalue weighted by Crippen LogP contribution is -2.27. The summed E-state index contributed by atoms with van der Waals surface area (Å²) >= 11 is 0. The molecule has 0 saturated carbocycles. The summed E-state index contributed by atoms with van der Waals surface area (Å²) in [5.74, 6) is -0.204. The van der Waals surface area contributed by atoms with Crippen LogP contribution in [-0.4, -0.2) is 37.0 Å². The van der Waals surface area contributed by atoms with Gasteiger partial charge >= 0.3 is 5.97 Å². The van der Waals surface area contributed by atoms with Crippen molar-refractivity contribution < 1.29 is 19.4 Å². The van der Waals surface area contributed by atoms with Crippen molar-refractivity contribution in [3.8, 4) is 0 Å². The van der Waals surface area contributed by atoms with Gasteiger partial charge in [-0.3, -0.25) is 4.79 Å². The largest absolute Gasteiger partial charge is 0.457 e. The van der Waals surface area contributed by atoms with E-state index in [9.17, 15) is 9.90 Å². The van der Waals surface area contributed by atoms with Crippen molar-refractivity contribution in [1.29, 1.82) is 0 Å². The van der Waals surface area contributed by atoms with Gasteiger partial charge in [0.15, 0.2) is 0 Å². The van der Waals surface area contributed by atoms with E-state index in [-0.39, 0.29) is 12.6 Å². The van der Waals surface area contributed by atoms with Gasteiger partial charge in [0.05, 0.1) is 13.2 Å². The second kappa shape index (κ2) is 52.2. The van der Waals surface area contributed by atoms with Gasteiger partial charge in [0.2, 0.25) is 0 Å². The number of esters is 1. The Morgan fingerprint density at radius 1 is 0.424 bits per heavy atom. The van der Waals surface area contributed by atoms with Gasteiger partial charge < -0.3 is 14.6 Å². The molecule has 0 heterocycles. The maximum Gasteiger partial charge on any atom is 0.306 e. The molecule has 0 saturated heterocycles. The molecule has 0 aromatic carbocycles. The first-order valence-electron chi connectivity index (χ1n) is 25.9. The number of aliphatic hydroxyl groups is 1. The molecule has 0 aliphatic carbocycles. The molecule has 0 amide bonds. The summed E-state index contributed by atoms with van der Waals surface area (Å²) in [7, 11) is 0.